The molecule has 0 aliphatic rings. The summed E-state index contributed by atoms with van der Waals surface area (Å²) in [5, 5.41) is 10.9. The van der Waals surface area contributed by atoms with Crippen LogP contribution in [-0.2, 0) is 0 Å². The molecule has 5 N–H and O–H groups in total. The summed E-state index contributed by atoms with van der Waals surface area (Å²) in [6.07, 6.45) is 0.267. The van der Waals surface area contributed by atoms with Crippen molar-refractivity contribution >= 4 is 0 Å². The van der Waals surface area contributed by atoms with Crippen molar-refractivity contribution in [1.29, 1.82) is 0 Å². The SMILES string of the molecule is CCC(N)C(O)CN(N)CC. The van der Waals surface area contributed by atoms with Crippen LogP contribution in [0.1, 0.15) is 20.3 Å². The fourth-order valence-electron chi connectivity index (χ4n) is 0.777. The Morgan fingerprint density at radius 3 is 2.36 bits per heavy atom. The van der Waals surface area contributed by atoms with Crippen LogP contribution < -0.4 is 11.6 Å². The van der Waals surface area contributed by atoms with Gasteiger partial charge >= 0.3 is 0 Å². The van der Waals surface area contributed by atoms with Crippen molar-refractivity contribution in [3.8, 4) is 0 Å². The zero-order chi connectivity index (χ0) is 8.85. The van der Waals surface area contributed by atoms with E-state index in [0.29, 0.717) is 6.54 Å². The minimum absolute atomic E-state index is 0.160. The zero-order valence-electron chi connectivity index (χ0n) is 7.33. The van der Waals surface area contributed by atoms with Gasteiger partial charge in [-0.25, -0.2) is 5.01 Å². The molecular formula is C7H19N3O. The summed E-state index contributed by atoms with van der Waals surface area (Å²) >= 11 is 0. The number of rotatable bonds is 5. The van der Waals surface area contributed by atoms with E-state index in [1.54, 1.807) is 5.01 Å². The fourth-order valence-corrected chi connectivity index (χ4v) is 0.777. The van der Waals surface area contributed by atoms with Crippen molar-refractivity contribution < 1.29 is 5.11 Å². The van der Waals surface area contributed by atoms with Gasteiger partial charge in [-0.15, -0.1) is 0 Å². The highest BCUT2D eigenvalue weighted by molar-refractivity contribution is 4.71. The molecule has 4 nitrogen and oxygen atoms in total. The summed E-state index contributed by atoms with van der Waals surface area (Å²) in [6, 6.07) is -0.160. The molecule has 0 aliphatic heterocycles. The predicted molar refractivity (Wildman–Crippen MR) is 45.7 cm³/mol. The topological polar surface area (TPSA) is 75.5 Å². The van der Waals surface area contributed by atoms with Crippen LogP contribution in [0, 0.1) is 0 Å². The average Bonchev–Trinajstić information content (AvgIpc) is 2.02. The van der Waals surface area contributed by atoms with E-state index < -0.39 is 6.10 Å². The Bertz CT molecular complexity index is 99.7. The Kier molecular flexibility index (Phi) is 5.41. The molecule has 0 fully saturated rings. The van der Waals surface area contributed by atoms with Gasteiger partial charge in [0.2, 0.25) is 0 Å². The maximum Gasteiger partial charge on any atom is 0.0831 e. The van der Waals surface area contributed by atoms with Gasteiger partial charge in [0.15, 0.2) is 0 Å². The number of hydrogen-bond acceptors (Lipinski definition) is 4. The molecule has 0 heterocycles. The first kappa shape index (κ1) is 10.8. The summed E-state index contributed by atoms with van der Waals surface area (Å²) in [5.74, 6) is 5.48. The Labute approximate surface area is 68.1 Å². The van der Waals surface area contributed by atoms with Gasteiger partial charge in [0.05, 0.1) is 6.10 Å². The van der Waals surface area contributed by atoms with Crippen LogP contribution in [0.5, 0.6) is 0 Å². The lowest BCUT2D eigenvalue weighted by Gasteiger charge is -2.22. The minimum atomic E-state index is -0.509. The molecule has 0 radical (unpaired) electrons. The molecule has 0 bridgehead atoms. The Morgan fingerprint density at radius 1 is 1.45 bits per heavy atom. The standard InChI is InChI=1S/C7H19N3O/c1-3-6(8)7(11)5-10(9)4-2/h6-7,11H,3-5,8-9H2,1-2H3. The smallest absolute Gasteiger partial charge is 0.0831 e. The molecule has 0 amide bonds. The summed E-state index contributed by atoms with van der Waals surface area (Å²) in [5.41, 5.74) is 5.59. The maximum atomic E-state index is 9.37. The van der Waals surface area contributed by atoms with E-state index in [-0.39, 0.29) is 6.04 Å². The summed E-state index contributed by atoms with van der Waals surface area (Å²) < 4.78 is 0. The van der Waals surface area contributed by atoms with Crippen molar-refractivity contribution in [1.82, 2.24) is 5.01 Å². The van der Waals surface area contributed by atoms with Crippen LogP contribution in [0.2, 0.25) is 0 Å². The molecule has 0 aromatic rings. The molecule has 0 spiro atoms. The molecule has 68 valence electrons. The molecule has 4 heteroatoms. The molecule has 2 unspecified atom stereocenters. The number of likely N-dealkylation sites (N-methyl/N-ethyl adjacent to an activating group) is 1. The van der Waals surface area contributed by atoms with E-state index in [2.05, 4.69) is 0 Å². The van der Waals surface area contributed by atoms with Crippen molar-refractivity contribution in [3.63, 3.8) is 0 Å². The monoisotopic (exact) mass is 161 g/mol. The Balaban J connectivity index is 3.58. The first-order valence-electron chi connectivity index (χ1n) is 4.05. The molecule has 0 saturated carbocycles. The van der Waals surface area contributed by atoms with E-state index in [9.17, 15) is 5.11 Å². The van der Waals surface area contributed by atoms with E-state index in [4.69, 9.17) is 11.6 Å². The van der Waals surface area contributed by atoms with Crippen LogP contribution in [0.25, 0.3) is 0 Å². The molecule has 11 heavy (non-hydrogen) atoms. The van der Waals surface area contributed by atoms with Crippen molar-refractivity contribution in [2.75, 3.05) is 13.1 Å². The number of nitrogens with zero attached hydrogens (tertiary/aromatic N) is 1. The van der Waals surface area contributed by atoms with E-state index in [0.717, 1.165) is 13.0 Å². The van der Waals surface area contributed by atoms with Gasteiger partial charge in [0, 0.05) is 19.1 Å². The average molecular weight is 161 g/mol. The first-order valence-corrected chi connectivity index (χ1v) is 4.05. The normalized spacial score (nSPS) is 16.9. The van der Waals surface area contributed by atoms with E-state index in [1.807, 2.05) is 13.8 Å². The molecular weight excluding hydrogens is 142 g/mol. The van der Waals surface area contributed by atoms with Gasteiger partial charge < -0.3 is 10.8 Å². The number of hydrazine groups is 1. The predicted octanol–water partition coefficient (Wildman–Crippen LogP) is -0.720. The summed E-state index contributed by atoms with van der Waals surface area (Å²) in [6.45, 7) is 5.06. The largest absolute Gasteiger partial charge is 0.390 e. The molecule has 0 aromatic carbocycles. The second-order valence-corrected chi connectivity index (χ2v) is 2.73. The van der Waals surface area contributed by atoms with Crippen LogP contribution in [0.15, 0.2) is 0 Å². The highest BCUT2D eigenvalue weighted by Gasteiger charge is 2.13. The van der Waals surface area contributed by atoms with Crippen LogP contribution in [0.3, 0.4) is 0 Å². The van der Waals surface area contributed by atoms with Gasteiger partial charge in [0.1, 0.15) is 0 Å². The molecule has 0 aromatic heterocycles. The van der Waals surface area contributed by atoms with Gasteiger partial charge in [0.25, 0.3) is 0 Å². The zero-order valence-corrected chi connectivity index (χ0v) is 7.33. The fraction of sp³-hybridized carbons (Fsp3) is 1.00. The number of aliphatic hydroxyl groups excluding tert-OH is 1. The lowest BCUT2D eigenvalue weighted by molar-refractivity contribution is 0.0923. The van der Waals surface area contributed by atoms with Crippen LogP contribution >= 0.6 is 0 Å². The third kappa shape index (κ3) is 4.31. The lowest BCUT2D eigenvalue weighted by Crippen LogP contribution is -2.45. The summed E-state index contributed by atoms with van der Waals surface area (Å²) in [4.78, 5) is 0. The van der Waals surface area contributed by atoms with Crippen LogP contribution in [0.4, 0.5) is 0 Å². The van der Waals surface area contributed by atoms with Crippen molar-refractivity contribution in [3.05, 3.63) is 0 Å². The Morgan fingerprint density at radius 2 is 2.00 bits per heavy atom. The number of hydrogen-bond donors (Lipinski definition) is 3. The highest BCUT2D eigenvalue weighted by atomic mass is 16.3. The second kappa shape index (κ2) is 5.49. The second-order valence-electron chi connectivity index (χ2n) is 2.73. The number of nitrogens with two attached hydrogens (primary N) is 2. The van der Waals surface area contributed by atoms with E-state index in [1.165, 1.54) is 0 Å². The number of aliphatic hydroxyl groups is 1. The van der Waals surface area contributed by atoms with Gasteiger partial charge in [-0.2, -0.15) is 0 Å². The third-order valence-corrected chi connectivity index (χ3v) is 1.79. The van der Waals surface area contributed by atoms with Gasteiger partial charge in [-0.3, -0.25) is 5.84 Å². The Hall–Kier alpha value is -0.160. The minimum Gasteiger partial charge on any atom is -0.390 e. The molecule has 0 aliphatic carbocycles. The van der Waals surface area contributed by atoms with Gasteiger partial charge in [-0.1, -0.05) is 13.8 Å². The first-order chi connectivity index (χ1) is 5.11. The molecule has 2 atom stereocenters. The highest BCUT2D eigenvalue weighted by Crippen LogP contribution is 1.95. The quantitative estimate of drug-likeness (QED) is 0.367. The lowest BCUT2D eigenvalue weighted by atomic mass is 10.1. The molecule has 0 saturated heterocycles. The van der Waals surface area contributed by atoms with Crippen LogP contribution in [-0.4, -0.2) is 35.4 Å². The summed E-state index contributed by atoms with van der Waals surface area (Å²) in [7, 11) is 0. The van der Waals surface area contributed by atoms with Gasteiger partial charge in [-0.05, 0) is 6.42 Å². The van der Waals surface area contributed by atoms with E-state index >= 15 is 0 Å². The van der Waals surface area contributed by atoms with Crippen molar-refractivity contribution in [2.45, 2.75) is 32.4 Å². The molecule has 0 rings (SSSR count). The van der Waals surface area contributed by atoms with Crippen molar-refractivity contribution in [2.24, 2.45) is 11.6 Å². The maximum absolute atomic E-state index is 9.37. The third-order valence-electron chi connectivity index (χ3n) is 1.79.